The van der Waals surface area contributed by atoms with Gasteiger partial charge in [0.15, 0.2) is 5.78 Å². The monoisotopic (exact) mass is 255 g/mol. The first-order valence-corrected chi connectivity index (χ1v) is 6.32. The lowest BCUT2D eigenvalue weighted by Crippen LogP contribution is -2.18. The minimum Gasteiger partial charge on any atom is -0.331 e. The highest BCUT2D eigenvalue weighted by Crippen LogP contribution is 2.21. The Morgan fingerprint density at radius 1 is 1.42 bits per heavy atom. The maximum absolute atomic E-state index is 12.3. The van der Waals surface area contributed by atoms with E-state index in [4.69, 9.17) is 5.26 Å². The first-order chi connectivity index (χ1) is 8.95. The smallest absolute Gasteiger partial charge is 0.180 e. The van der Waals surface area contributed by atoms with Crippen molar-refractivity contribution in [3.05, 3.63) is 29.6 Å². The lowest BCUT2D eigenvalue weighted by Gasteiger charge is -2.11. The van der Waals surface area contributed by atoms with Crippen molar-refractivity contribution >= 4 is 16.8 Å². The van der Waals surface area contributed by atoms with Gasteiger partial charge in [0, 0.05) is 12.6 Å². The summed E-state index contributed by atoms with van der Waals surface area (Å²) >= 11 is 0. The second-order valence-corrected chi connectivity index (χ2v) is 5.14. The molecular weight excluding hydrogens is 238 g/mol. The summed E-state index contributed by atoms with van der Waals surface area (Å²) in [6.45, 7) is 5.69. The highest BCUT2D eigenvalue weighted by atomic mass is 16.1. The van der Waals surface area contributed by atoms with Crippen molar-refractivity contribution in [3.8, 4) is 6.07 Å². The standard InChI is InChI=1S/C15H17N3O/c1-9(2)12(8-16)15(19)11-5-6-14-13(7-11)17-10(3)18(14)4/h5-7,9,12H,1-4H3. The van der Waals surface area contributed by atoms with Crippen molar-refractivity contribution in [3.63, 3.8) is 0 Å². The van der Waals surface area contributed by atoms with E-state index in [2.05, 4.69) is 11.1 Å². The van der Waals surface area contributed by atoms with Gasteiger partial charge in [0.25, 0.3) is 0 Å². The molecule has 1 heterocycles. The number of hydrogen-bond donors (Lipinski definition) is 0. The predicted molar refractivity (Wildman–Crippen MR) is 73.7 cm³/mol. The van der Waals surface area contributed by atoms with Crippen molar-refractivity contribution in [2.24, 2.45) is 18.9 Å². The van der Waals surface area contributed by atoms with E-state index in [9.17, 15) is 4.79 Å². The molecule has 0 amide bonds. The van der Waals surface area contributed by atoms with Gasteiger partial charge in [-0.2, -0.15) is 5.26 Å². The van der Waals surface area contributed by atoms with Gasteiger partial charge in [0.2, 0.25) is 0 Å². The minimum atomic E-state index is -0.595. The summed E-state index contributed by atoms with van der Waals surface area (Å²) in [4.78, 5) is 16.7. The number of Topliss-reactive ketones (excluding diaryl/α,β-unsaturated/α-hetero) is 1. The van der Waals surface area contributed by atoms with Gasteiger partial charge in [-0.1, -0.05) is 13.8 Å². The van der Waals surface area contributed by atoms with E-state index in [0.717, 1.165) is 16.9 Å². The summed E-state index contributed by atoms with van der Waals surface area (Å²) in [6, 6.07) is 7.53. The third kappa shape index (κ3) is 2.24. The fourth-order valence-electron chi connectivity index (χ4n) is 2.16. The highest BCUT2D eigenvalue weighted by molar-refractivity contribution is 6.01. The zero-order chi connectivity index (χ0) is 14.2. The summed E-state index contributed by atoms with van der Waals surface area (Å²) in [6.07, 6.45) is 0. The number of fused-ring (bicyclic) bond motifs is 1. The SMILES string of the molecule is Cc1nc2cc(C(=O)C(C#N)C(C)C)ccc2n1C. The number of nitrogens with zero attached hydrogens (tertiary/aromatic N) is 3. The molecule has 0 aliphatic heterocycles. The Hall–Kier alpha value is -2.15. The second-order valence-electron chi connectivity index (χ2n) is 5.14. The number of rotatable bonds is 3. The Bertz CT molecular complexity index is 676. The average Bonchev–Trinajstić information content (AvgIpc) is 2.65. The molecule has 19 heavy (non-hydrogen) atoms. The highest BCUT2D eigenvalue weighted by Gasteiger charge is 2.23. The summed E-state index contributed by atoms with van der Waals surface area (Å²) in [5.74, 6) is 0.198. The number of ketones is 1. The van der Waals surface area contributed by atoms with Crippen LogP contribution in [-0.4, -0.2) is 15.3 Å². The molecule has 0 saturated carbocycles. The molecule has 98 valence electrons. The fraction of sp³-hybridized carbons (Fsp3) is 0.400. The first kappa shape index (κ1) is 13.3. The number of aryl methyl sites for hydroxylation is 2. The van der Waals surface area contributed by atoms with Crippen molar-refractivity contribution in [1.29, 1.82) is 5.26 Å². The number of benzene rings is 1. The second kappa shape index (κ2) is 4.85. The van der Waals surface area contributed by atoms with Crippen LogP contribution in [0, 0.1) is 30.1 Å². The van der Waals surface area contributed by atoms with E-state index in [1.54, 1.807) is 12.1 Å². The lowest BCUT2D eigenvalue weighted by atomic mass is 9.89. The number of carbonyl (C=O) groups excluding carboxylic acids is 1. The molecule has 2 aromatic rings. The first-order valence-electron chi connectivity index (χ1n) is 6.32. The number of aromatic nitrogens is 2. The normalized spacial score (nSPS) is 12.6. The molecule has 0 N–H and O–H groups in total. The maximum Gasteiger partial charge on any atom is 0.180 e. The van der Waals surface area contributed by atoms with Gasteiger partial charge in [-0.15, -0.1) is 0 Å². The van der Waals surface area contributed by atoms with Gasteiger partial charge < -0.3 is 4.57 Å². The molecule has 0 radical (unpaired) electrons. The van der Waals surface area contributed by atoms with Gasteiger partial charge in [-0.05, 0) is 31.0 Å². The Labute approximate surface area is 112 Å². The number of imidazole rings is 1. The zero-order valence-corrected chi connectivity index (χ0v) is 11.6. The molecule has 0 aliphatic rings. The Balaban J connectivity index is 2.47. The molecule has 1 atom stereocenters. The number of nitriles is 1. The third-order valence-electron chi connectivity index (χ3n) is 3.48. The van der Waals surface area contributed by atoms with E-state index >= 15 is 0 Å². The average molecular weight is 255 g/mol. The lowest BCUT2D eigenvalue weighted by molar-refractivity contribution is 0.0924. The van der Waals surface area contributed by atoms with Gasteiger partial charge in [0.1, 0.15) is 11.7 Å². The van der Waals surface area contributed by atoms with Crippen molar-refractivity contribution < 1.29 is 4.79 Å². The van der Waals surface area contributed by atoms with Crippen LogP contribution in [0.5, 0.6) is 0 Å². The summed E-state index contributed by atoms with van der Waals surface area (Å²) < 4.78 is 1.98. The molecule has 1 aromatic heterocycles. The molecule has 0 saturated heterocycles. The number of carbonyl (C=O) groups is 1. The van der Waals surface area contributed by atoms with Gasteiger partial charge in [-0.25, -0.2) is 4.98 Å². The van der Waals surface area contributed by atoms with Crippen LogP contribution >= 0.6 is 0 Å². The molecule has 0 aliphatic carbocycles. The van der Waals surface area contributed by atoms with E-state index in [-0.39, 0.29) is 11.7 Å². The molecule has 2 rings (SSSR count). The zero-order valence-electron chi connectivity index (χ0n) is 11.6. The van der Waals surface area contributed by atoms with Crippen LogP contribution in [0.15, 0.2) is 18.2 Å². The largest absolute Gasteiger partial charge is 0.331 e. The van der Waals surface area contributed by atoms with E-state index in [1.165, 1.54) is 0 Å². The van der Waals surface area contributed by atoms with Crippen LogP contribution in [0.3, 0.4) is 0 Å². The van der Waals surface area contributed by atoms with E-state index in [1.807, 2.05) is 38.5 Å². The van der Waals surface area contributed by atoms with E-state index in [0.29, 0.717) is 5.56 Å². The van der Waals surface area contributed by atoms with Crippen LogP contribution in [0.2, 0.25) is 0 Å². The minimum absolute atomic E-state index is 0.0127. The molecule has 1 unspecified atom stereocenters. The van der Waals surface area contributed by atoms with Crippen LogP contribution in [0.1, 0.15) is 30.0 Å². The number of hydrogen-bond acceptors (Lipinski definition) is 3. The quantitative estimate of drug-likeness (QED) is 0.792. The van der Waals surface area contributed by atoms with Crippen LogP contribution in [0.25, 0.3) is 11.0 Å². The van der Waals surface area contributed by atoms with Crippen molar-refractivity contribution in [1.82, 2.24) is 9.55 Å². The van der Waals surface area contributed by atoms with Crippen molar-refractivity contribution in [2.45, 2.75) is 20.8 Å². The topological polar surface area (TPSA) is 58.7 Å². The van der Waals surface area contributed by atoms with E-state index < -0.39 is 5.92 Å². The Morgan fingerprint density at radius 3 is 2.68 bits per heavy atom. The van der Waals surface area contributed by atoms with Gasteiger partial charge in [-0.3, -0.25) is 4.79 Å². The predicted octanol–water partition coefficient (Wildman–Crippen LogP) is 2.86. The Morgan fingerprint density at radius 2 is 2.11 bits per heavy atom. The molecule has 0 spiro atoms. The maximum atomic E-state index is 12.3. The third-order valence-corrected chi connectivity index (χ3v) is 3.48. The van der Waals surface area contributed by atoms with Crippen molar-refractivity contribution in [2.75, 3.05) is 0 Å². The van der Waals surface area contributed by atoms with Gasteiger partial charge >= 0.3 is 0 Å². The molecular formula is C15H17N3O. The summed E-state index contributed by atoms with van der Waals surface area (Å²) in [5, 5.41) is 9.10. The molecule has 1 aromatic carbocycles. The molecule has 4 nitrogen and oxygen atoms in total. The van der Waals surface area contributed by atoms with Crippen LogP contribution in [0.4, 0.5) is 0 Å². The molecule has 0 fully saturated rings. The molecule has 0 bridgehead atoms. The summed E-state index contributed by atoms with van der Waals surface area (Å²) in [5.41, 5.74) is 2.35. The van der Waals surface area contributed by atoms with Gasteiger partial charge in [0.05, 0.1) is 17.1 Å². The Kier molecular flexibility index (Phi) is 3.39. The van der Waals surface area contributed by atoms with Crippen LogP contribution < -0.4 is 0 Å². The van der Waals surface area contributed by atoms with Crippen LogP contribution in [-0.2, 0) is 7.05 Å². The fourth-order valence-corrected chi connectivity index (χ4v) is 2.16. The summed E-state index contributed by atoms with van der Waals surface area (Å²) in [7, 11) is 1.94. The molecule has 4 heteroatoms.